The molecule has 30 heavy (non-hydrogen) atoms. The highest BCUT2D eigenvalue weighted by Crippen LogP contribution is 2.30. The van der Waals surface area contributed by atoms with Crippen molar-refractivity contribution >= 4 is 29.5 Å². The summed E-state index contributed by atoms with van der Waals surface area (Å²) in [7, 11) is 0. The van der Waals surface area contributed by atoms with Crippen LogP contribution in [0.2, 0.25) is 0 Å². The van der Waals surface area contributed by atoms with Gasteiger partial charge in [-0.1, -0.05) is 30.5 Å². The van der Waals surface area contributed by atoms with Gasteiger partial charge in [-0.05, 0) is 31.9 Å². The number of nitrogens with two attached hydrogens (primary N) is 1. The summed E-state index contributed by atoms with van der Waals surface area (Å²) in [5.41, 5.74) is 7.73. The predicted molar refractivity (Wildman–Crippen MR) is 111 cm³/mol. The van der Waals surface area contributed by atoms with Gasteiger partial charge in [-0.15, -0.1) is 0 Å². The lowest BCUT2D eigenvalue weighted by atomic mass is 10.1. The molecule has 0 spiro atoms. The number of nitrogen functional groups attached to an aromatic ring is 1. The van der Waals surface area contributed by atoms with Gasteiger partial charge in [-0.3, -0.25) is 9.59 Å². The second-order valence-corrected chi connectivity index (χ2v) is 7.92. The first-order valence-corrected chi connectivity index (χ1v) is 10.3. The smallest absolute Gasteiger partial charge is 0.311 e. The number of nitrogens with zero attached hydrogens (tertiary/aromatic N) is 4. The van der Waals surface area contributed by atoms with Crippen LogP contribution in [0, 0.1) is 12.8 Å². The Balaban J connectivity index is 1.35. The van der Waals surface area contributed by atoms with Gasteiger partial charge >= 0.3 is 5.97 Å². The molecular weight excluding hydrogens is 384 g/mol. The Hall–Kier alpha value is -3.23. The fraction of sp³-hybridized carbons (Fsp3) is 0.476. The minimum absolute atomic E-state index is 0.0362. The molecule has 4 rings (SSSR count). The molecule has 2 fully saturated rings. The van der Waals surface area contributed by atoms with Crippen molar-refractivity contribution in [2.45, 2.75) is 51.7 Å². The summed E-state index contributed by atoms with van der Waals surface area (Å²) in [6.45, 7) is 2.31. The van der Waals surface area contributed by atoms with Crippen LogP contribution in [0.25, 0.3) is 0 Å². The largest absolute Gasteiger partial charge is 0.457 e. The maximum absolute atomic E-state index is 12.5. The second-order valence-electron chi connectivity index (χ2n) is 7.92. The van der Waals surface area contributed by atoms with E-state index < -0.39 is 11.9 Å². The monoisotopic (exact) mass is 410 g/mol. The quantitative estimate of drug-likeness (QED) is 0.696. The molecule has 9 nitrogen and oxygen atoms in total. The standard InChI is InChI=1S/C21H26N6O3/c1-13-6-8-15(9-7-13)23-21-25-17(24-20(22)26-21)12-30-19(29)14-10-18(28)27(11-14)16-4-2-3-5-16/h6-9,14,16H,2-5,10-12H2,1H3,(H3,22,23,24,25,26)/t14-/m0/s1. The first-order chi connectivity index (χ1) is 14.5. The van der Waals surface area contributed by atoms with Crippen LogP contribution in [-0.4, -0.2) is 44.3 Å². The number of hydrogen-bond acceptors (Lipinski definition) is 8. The number of anilines is 3. The molecule has 1 saturated carbocycles. The highest BCUT2D eigenvalue weighted by Gasteiger charge is 2.39. The lowest BCUT2D eigenvalue weighted by Gasteiger charge is -2.23. The number of amides is 1. The highest BCUT2D eigenvalue weighted by molar-refractivity contribution is 5.87. The normalized spacial score (nSPS) is 19.3. The number of nitrogens with one attached hydrogen (secondary N) is 1. The van der Waals surface area contributed by atoms with Crippen molar-refractivity contribution in [2.75, 3.05) is 17.6 Å². The zero-order valence-corrected chi connectivity index (χ0v) is 17.0. The summed E-state index contributed by atoms with van der Waals surface area (Å²) in [4.78, 5) is 39.0. The summed E-state index contributed by atoms with van der Waals surface area (Å²) in [6.07, 6.45) is 4.53. The summed E-state index contributed by atoms with van der Waals surface area (Å²) in [5.74, 6) is -0.242. The Bertz CT molecular complexity index is 927. The van der Waals surface area contributed by atoms with Gasteiger partial charge in [0.1, 0.15) is 0 Å². The molecule has 158 valence electrons. The Morgan fingerprint density at radius 1 is 1.20 bits per heavy atom. The Morgan fingerprint density at radius 2 is 1.93 bits per heavy atom. The molecule has 9 heteroatoms. The third kappa shape index (κ3) is 4.67. The number of benzene rings is 1. The third-order valence-corrected chi connectivity index (χ3v) is 5.61. The molecule has 0 bridgehead atoms. The number of aryl methyl sites for hydroxylation is 1. The number of rotatable bonds is 6. The van der Waals surface area contributed by atoms with Crippen molar-refractivity contribution in [3.05, 3.63) is 35.7 Å². The molecule has 1 saturated heterocycles. The number of esters is 1. The van der Waals surface area contributed by atoms with Crippen molar-refractivity contribution in [1.82, 2.24) is 19.9 Å². The Morgan fingerprint density at radius 3 is 2.67 bits per heavy atom. The van der Waals surface area contributed by atoms with E-state index in [0.29, 0.717) is 6.54 Å². The maximum atomic E-state index is 12.5. The average Bonchev–Trinajstić information content (AvgIpc) is 3.37. The van der Waals surface area contributed by atoms with E-state index in [2.05, 4.69) is 20.3 Å². The molecule has 2 aromatic rings. The van der Waals surface area contributed by atoms with Crippen LogP contribution in [0.15, 0.2) is 24.3 Å². The van der Waals surface area contributed by atoms with E-state index in [9.17, 15) is 9.59 Å². The molecule has 1 atom stereocenters. The summed E-state index contributed by atoms with van der Waals surface area (Å²) in [6, 6.07) is 8.01. The second kappa shape index (κ2) is 8.64. The van der Waals surface area contributed by atoms with Gasteiger partial charge in [0.25, 0.3) is 0 Å². The molecule has 0 unspecified atom stereocenters. The number of likely N-dealkylation sites (tertiary alicyclic amines) is 1. The van der Waals surface area contributed by atoms with Gasteiger partial charge in [0, 0.05) is 24.7 Å². The fourth-order valence-corrected chi connectivity index (χ4v) is 4.04. The van der Waals surface area contributed by atoms with Gasteiger partial charge in [0.15, 0.2) is 12.4 Å². The van der Waals surface area contributed by atoms with Crippen molar-refractivity contribution in [3.63, 3.8) is 0 Å². The van der Waals surface area contributed by atoms with E-state index in [1.54, 1.807) is 0 Å². The zero-order valence-electron chi connectivity index (χ0n) is 17.0. The van der Waals surface area contributed by atoms with Crippen LogP contribution in [0.5, 0.6) is 0 Å². The van der Waals surface area contributed by atoms with Gasteiger partial charge in [0.05, 0.1) is 5.92 Å². The van der Waals surface area contributed by atoms with Crippen molar-refractivity contribution < 1.29 is 14.3 Å². The number of carbonyl (C=O) groups excluding carboxylic acids is 2. The lowest BCUT2D eigenvalue weighted by Crippen LogP contribution is -2.35. The van der Waals surface area contributed by atoms with E-state index in [1.807, 2.05) is 36.1 Å². The van der Waals surface area contributed by atoms with Crippen LogP contribution >= 0.6 is 0 Å². The molecular formula is C21H26N6O3. The molecule has 1 aromatic heterocycles. The average molecular weight is 410 g/mol. The minimum Gasteiger partial charge on any atom is -0.457 e. The molecule has 1 aromatic carbocycles. The van der Waals surface area contributed by atoms with Crippen molar-refractivity contribution in [3.8, 4) is 0 Å². The van der Waals surface area contributed by atoms with E-state index >= 15 is 0 Å². The lowest BCUT2D eigenvalue weighted by molar-refractivity contribution is -0.150. The number of carbonyl (C=O) groups is 2. The summed E-state index contributed by atoms with van der Waals surface area (Å²) in [5, 5.41) is 3.06. The maximum Gasteiger partial charge on any atom is 0.311 e. The van der Waals surface area contributed by atoms with Crippen molar-refractivity contribution in [1.29, 1.82) is 0 Å². The molecule has 0 radical (unpaired) electrons. The highest BCUT2D eigenvalue weighted by atomic mass is 16.5. The summed E-state index contributed by atoms with van der Waals surface area (Å²) < 4.78 is 5.39. The predicted octanol–water partition coefficient (Wildman–Crippen LogP) is 2.34. The van der Waals surface area contributed by atoms with Gasteiger partial charge in [0.2, 0.25) is 17.8 Å². The summed E-state index contributed by atoms with van der Waals surface area (Å²) >= 11 is 0. The number of aromatic nitrogens is 3. The van der Waals surface area contributed by atoms with E-state index in [0.717, 1.165) is 36.9 Å². The van der Waals surface area contributed by atoms with E-state index in [4.69, 9.17) is 10.5 Å². The fourth-order valence-electron chi connectivity index (χ4n) is 4.04. The SMILES string of the molecule is Cc1ccc(Nc2nc(N)nc(COC(=O)[C@H]3CC(=O)N(C4CCCC4)C3)n2)cc1. The molecule has 1 amide bonds. The first-order valence-electron chi connectivity index (χ1n) is 10.3. The topological polar surface area (TPSA) is 123 Å². The Kier molecular flexibility index (Phi) is 5.78. The van der Waals surface area contributed by atoms with Crippen LogP contribution in [0.3, 0.4) is 0 Å². The van der Waals surface area contributed by atoms with Crippen LogP contribution < -0.4 is 11.1 Å². The van der Waals surface area contributed by atoms with Crippen LogP contribution in [-0.2, 0) is 20.9 Å². The molecule has 2 aliphatic rings. The van der Waals surface area contributed by atoms with Crippen LogP contribution in [0.4, 0.5) is 17.6 Å². The zero-order chi connectivity index (χ0) is 21.1. The molecule has 1 aliphatic heterocycles. The molecule has 3 N–H and O–H groups in total. The molecule has 1 aliphatic carbocycles. The molecule has 2 heterocycles. The third-order valence-electron chi connectivity index (χ3n) is 5.61. The Labute approximate surface area is 175 Å². The van der Waals surface area contributed by atoms with E-state index in [-0.39, 0.29) is 42.7 Å². The van der Waals surface area contributed by atoms with E-state index in [1.165, 1.54) is 0 Å². The van der Waals surface area contributed by atoms with Gasteiger partial charge < -0.3 is 20.7 Å². The minimum atomic E-state index is -0.442. The van der Waals surface area contributed by atoms with Gasteiger partial charge in [-0.25, -0.2) is 0 Å². The van der Waals surface area contributed by atoms with Crippen molar-refractivity contribution in [2.24, 2.45) is 5.92 Å². The number of ether oxygens (including phenoxy) is 1. The number of hydrogen-bond donors (Lipinski definition) is 2. The first kappa shape index (κ1) is 20.1. The van der Waals surface area contributed by atoms with Gasteiger partial charge in [-0.2, -0.15) is 15.0 Å². The van der Waals surface area contributed by atoms with Crippen LogP contribution in [0.1, 0.15) is 43.5 Å².